The zero-order valence-electron chi connectivity index (χ0n) is 10.2. The Bertz CT molecular complexity index is 410. The maximum Gasteiger partial charge on any atom is 0.303 e. The van der Waals surface area contributed by atoms with Crippen LogP contribution in [-0.2, 0) is 4.79 Å². The van der Waals surface area contributed by atoms with Gasteiger partial charge in [-0.05, 0) is 37.1 Å². The van der Waals surface area contributed by atoms with Crippen molar-refractivity contribution in [1.29, 1.82) is 0 Å². The first-order valence-electron chi connectivity index (χ1n) is 5.94. The van der Waals surface area contributed by atoms with Gasteiger partial charge in [-0.25, -0.2) is 0 Å². The summed E-state index contributed by atoms with van der Waals surface area (Å²) in [4.78, 5) is 10.4. The highest BCUT2D eigenvalue weighted by atomic mass is 35.5. The Hall–Kier alpha value is -0.770. The first-order valence-corrected chi connectivity index (χ1v) is 6.70. The SMILES string of the molecule is CCC(NCCCC(=O)O)c1ccc(Cl)cc1Cl. The highest BCUT2D eigenvalue weighted by Crippen LogP contribution is 2.27. The molecule has 18 heavy (non-hydrogen) atoms. The zero-order chi connectivity index (χ0) is 13.5. The van der Waals surface area contributed by atoms with Crippen LogP contribution in [0, 0.1) is 0 Å². The number of carboxylic acids is 1. The van der Waals surface area contributed by atoms with Crippen LogP contribution in [0.1, 0.15) is 37.8 Å². The number of nitrogens with one attached hydrogen (secondary N) is 1. The zero-order valence-corrected chi connectivity index (χ0v) is 11.8. The van der Waals surface area contributed by atoms with E-state index in [1.54, 1.807) is 6.07 Å². The van der Waals surface area contributed by atoms with Crippen molar-refractivity contribution in [2.75, 3.05) is 6.54 Å². The molecule has 3 nitrogen and oxygen atoms in total. The molecule has 0 spiro atoms. The van der Waals surface area contributed by atoms with Gasteiger partial charge in [-0.1, -0.05) is 36.2 Å². The summed E-state index contributed by atoms with van der Waals surface area (Å²) in [6.07, 6.45) is 1.67. The molecule has 0 radical (unpaired) electrons. The minimum atomic E-state index is -0.769. The van der Waals surface area contributed by atoms with E-state index in [0.29, 0.717) is 23.0 Å². The van der Waals surface area contributed by atoms with Crippen LogP contribution < -0.4 is 5.32 Å². The maximum absolute atomic E-state index is 10.4. The molecule has 0 aliphatic carbocycles. The molecule has 1 aromatic carbocycles. The summed E-state index contributed by atoms with van der Waals surface area (Å²) >= 11 is 12.0. The summed E-state index contributed by atoms with van der Waals surface area (Å²) < 4.78 is 0. The predicted molar refractivity (Wildman–Crippen MR) is 74.4 cm³/mol. The Balaban J connectivity index is 2.57. The highest BCUT2D eigenvalue weighted by Gasteiger charge is 2.12. The van der Waals surface area contributed by atoms with Crippen molar-refractivity contribution in [3.8, 4) is 0 Å². The van der Waals surface area contributed by atoms with Gasteiger partial charge in [0.05, 0.1) is 0 Å². The Morgan fingerprint density at radius 3 is 2.72 bits per heavy atom. The molecule has 0 saturated carbocycles. The van der Waals surface area contributed by atoms with Gasteiger partial charge in [0.1, 0.15) is 0 Å². The minimum Gasteiger partial charge on any atom is -0.481 e. The third-order valence-corrected chi connectivity index (χ3v) is 3.27. The van der Waals surface area contributed by atoms with Crippen molar-refractivity contribution < 1.29 is 9.90 Å². The number of hydrogen-bond donors (Lipinski definition) is 2. The third kappa shape index (κ3) is 4.84. The van der Waals surface area contributed by atoms with Crippen LogP contribution in [0.25, 0.3) is 0 Å². The van der Waals surface area contributed by atoms with E-state index in [2.05, 4.69) is 12.2 Å². The number of halogens is 2. The molecule has 100 valence electrons. The largest absolute Gasteiger partial charge is 0.481 e. The molecule has 1 unspecified atom stereocenters. The van der Waals surface area contributed by atoms with Gasteiger partial charge in [0.15, 0.2) is 0 Å². The molecular weight excluding hydrogens is 273 g/mol. The summed E-state index contributed by atoms with van der Waals surface area (Å²) in [6.45, 7) is 2.71. The Morgan fingerprint density at radius 1 is 1.44 bits per heavy atom. The molecule has 5 heteroatoms. The summed E-state index contributed by atoms with van der Waals surface area (Å²) in [7, 11) is 0. The van der Waals surface area contributed by atoms with Crippen molar-refractivity contribution in [3.05, 3.63) is 33.8 Å². The van der Waals surface area contributed by atoms with Crippen LogP contribution in [0.4, 0.5) is 0 Å². The Morgan fingerprint density at radius 2 is 2.17 bits per heavy atom. The summed E-state index contributed by atoms with van der Waals surface area (Å²) in [5.41, 5.74) is 0.999. The van der Waals surface area contributed by atoms with Crippen molar-refractivity contribution in [3.63, 3.8) is 0 Å². The number of hydrogen-bond acceptors (Lipinski definition) is 2. The van der Waals surface area contributed by atoms with Gasteiger partial charge < -0.3 is 10.4 Å². The molecule has 0 aliphatic heterocycles. The molecule has 0 amide bonds. The standard InChI is InChI=1S/C13H17Cl2NO2/c1-2-12(16-7-3-4-13(17)18)10-6-5-9(14)8-11(10)15/h5-6,8,12,16H,2-4,7H2,1H3,(H,17,18). The van der Waals surface area contributed by atoms with Crippen LogP contribution in [0.3, 0.4) is 0 Å². The second-order valence-electron chi connectivity index (χ2n) is 4.08. The molecule has 1 atom stereocenters. The van der Waals surface area contributed by atoms with E-state index in [4.69, 9.17) is 28.3 Å². The lowest BCUT2D eigenvalue weighted by Gasteiger charge is -2.18. The summed E-state index contributed by atoms with van der Waals surface area (Å²) in [5, 5.41) is 13.1. The fourth-order valence-electron chi connectivity index (χ4n) is 1.77. The van der Waals surface area contributed by atoms with Gasteiger partial charge >= 0.3 is 5.97 Å². The lowest BCUT2D eigenvalue weighted by atomic mass is 10.0. The molecule has 0 aliphatic rings. The van der Waals surface area contributed by atoms with E-state index in [-0.39, 0.29) is 12.5 Å². The quantitative estimate of drug-likeness (QED) is 0.749. The molecule has 1 rings (SSSR count). The van der Waals surface area contributed by atoms with E-state index in [1.807, 2.05) is 12.1 Å². The van der Waals surface area contributed by atoms with Gasteiger partial charge in [0.25, 0.3) is 0 Å². The molecule has 0 fully saturated rings. The van der Waals surface area contributed by atoms with Crippen LogP contribution in [0.2, 0.25) is 10.0 Å². The van der Waals surface area contributed by atoms with Gasteiger partial charge in [-0.3, -0.25) is 4.79 Å². The number of benzene rings is 1. The summed E-state index contributed by atoms with van der Waals surface area (Å²) in [5.74, 6) is -0.769. The molecule has 0 saturated heterocycles. The van der Waals surface area contributed by atoms with E-state index in [0.717, 1.165) is 12.0 Å². The fraction of sp³-hybridized carbons (Fsp3) is 0.462. The molecule has 1 aromatic rings. The highest BCUT2D eigenvalue weighted by molar-refractivity contribution is 6.35. The predicted octanol–water partition coefficient (Wildman–Crippen LogP) is 3.90. The normalized spacial score (nSPS) is 12.4. The smallest absolute Gasteiger partial charge is 0.303 e. The van der Waals surface area contributed by atoms with E-state index >= 15 is 0 Å². The van der Waals surface area contributed by atoms with Crippen molar-refractivity contribution in [2.24, 2.45) is 0 Å². The molecule has 0 heterocycles. The van der Waals surface area contributed by atoms with Gasteiger partial charge in [0.2, 0.25) is 0 Å². The molecule has 0 bridgehead atoms. The van der Waals surface area contributed by atoms with Crippen molar-refractivity contribution >= 4 is 29.2 Å². The van der Waals surface area contributed by atoms with Gasteiger partial charge in [-0.2, -0.15) is 0 Å². The second-order valence-corrected chi connectivity index (χ2v) is 4.92. The lowest BCUT2D eigenvalue weighted by Crippen LogP contribution is -2.22. The number of rotatable bonds is 7. The topological polar surface area (TPSA) is 49.3 Å². The number of carboxylic acid groups (broad SMARTS) is 1. The van der Waals surface area contributed by atoms with E-state index in [9.17, 15) is 4.79 Å². The molecule has 2 N–H and O–H groups in total. The average molecular weight is 290 g/mol. The second kappa shape index (κ2) is 7.62. The number of aliphatic carboxylic acids is 1. The van der Waals surface area contributed by atoms with Crippen LogP contribution in [-0.4, -0.2) is 17.6 Å². The first-order chi connectivity index (χ1) is 8.54. The summed E-state index contributed by atoms with van der Waals surface area (Å²) in [6, 6.07) is 5.57. The van der Waals surface area contributed by atoms with Crippen LogP contribution in [0.5, 0.6) is 0 Å². The minimum absolute atomic E-state index is 0.128. The average Bonchev–Trinajstić information content (AvgIpc) is 2.30. The molecular formula is C13H17Cl2NO2. The van der Waals surface area contributed by atoms with E-state index in [1.165, 1.54) is 0 Å². The van der Waals surface area contributed by atoms with Gasteiger partial charge in [-0.15, -0.1) is 0 Å². The fourth-order valence-corrected chi connectivity index (χ4v) is 2.31. The Kier molecular flexibility index (Phi) is 6.47. The molecule has 0 aromatic heterocycles. The number of carbonyl (C=O) groups is 1. The third-order valence-electron chi connectivity index (χ3n) is 2.70. The van der Waals surface area contributed by atoms with E-state index < -0.39 is 5.97 Å². The van der Waals surface area contributed by atoms with Crippen LogP contribution in [0.15, 0.2) is 18.2 Å². The maximum atomic E-state index is 10.4. The monoisotopic (exact) mass is 289 g/mol. The lowest BCUT2D eigenvalue weighted by molar-refractivity contribution is -0.137. The van der Waals surface area contributed by atoms with Gasteiger partial charge in [0, 0.05) is 22.5 Å². The first kappa shape index (κ1) is 15.3. The van der Waals surface area contributed by atoms with Crippen molar-refractivity contribution in [1.82, 2.24) is 5.32 Å². The Labute approximate surface area is 117 Å². The van der Waals surface area contributed by atoms with Crippen molar-refractivity contribution in [2.45, 2.75) is 32.2 Å². The van der Waals surface area contributed by atoms with Crippen LogP contribution >= 0.6 is 23.2 Å².